The van der Waals surface area contributed by atoms with Gasteiger partial charge in [0, 0.05) is 42.3 Å². The summed E-state index contributed by atoms with van der Waals surface area (Å²) in [4.78, 5) is 13.1. The Balaban J connectivity index is 0.00000176. The van der Waals surface area contributed by atoms with Crippen LogP contribution in [0.5, 0.6) is 0 Å². The number of nitrogens with zero attached hydrogens (tertiary/aromatic N) is 2. The molecule has 1 aromatic rings. The predicted molar refractivity (Wildman–Crippen MR) is 89.4 cm³/mol. The summed E-state index contributed by atoms with van der Waals surface area (Å²) in [5.74, 6) is 1.18. The molecule has 1 saturated heterocycles. The van der Waals surface area contributed by atoms with E-state index in [-0.39, 0.29) is 29.1 Å². The summed E-state index contributed by atoms with van der Waals surface area (Å²) >= 11 is 5.99. The van der Waals surface area contributed by atoms with Gasteiger partial charge in [0.15, 0.2) is 0 Å². The SMILES string of the molecule is Cl.NC1CCCC2CN(Cc3cc(Cl)ccc3[N+](=O)[O-])CC12. The topological polar surface area (TPSA) is 72.4 Å². The highest BCUT2D eigenvalue weighted by atomic mass is 35.5. The molecule has 3 atom stereocenters. The van der Waals surface area contributed by atoms with Gasteiger partial charge in [0.25, 0.3) is 5.69 Å². The molecule has 5 nitrogen and oxygen atoms in total. The van der Waals surface area contributed by atoms with Gasteiger partial charge in [0.05, 0.1) is 4.92 Å². The Morgan fingerprint density at radius 3 is 2.82 bits per heavy atom. The molecule has 3 rings (SSSR count). The number of hydrogen-bond acceptors (Lipinski definition) is 4. The van der Waals surface area contributed by atoms with Crippen molar-refractivity contribution in [3.63, 3.8) is 0 Å². The molecule has 0 bridgehead atoms. The maximum atomic E-state index is 11.1. The van der Waals surface area contributed by atoms with Gasteiger partial charge in [-0.3, -0.25) is 15.0 Å². The summed E-state index contributed by atoms with van der Waals surface area (Å²) in [6.45, 7) is 2.51. The molecular weight excluding hydrogens is 325 g/mol. The molecule has 122 valence electrons. The van der Waals surface area contributed by atoms with Crippen LogP contribution in [0.15, 0.2) is 18.2 Å². The first-order chi connectivity index (χ1) is 10.0. The fourth-order valence-corrected chi connectivity index (χ4v) is 4.03. The lowest BCUT2D eigenvalue weighted by molar-refractivity contribution is -0.385. The summed E-state index contributed by atoms with van der Waals surface area (Å²) in [5.41, 5.74) is 7.07. The second-order valence-corrected chi connectivity index (χ2v) is 6.68. The van der Waals surface area contributed by atoms with E-state index in [1.807, 2.05) is 0 Å². The van der Waals surface area contributed by atoms with Crippen molar-refractivity contribution in [1.29, 1.82) is 0 Å². The van der Waals surface area contributed by atoms with Crippen molar-refractivity contribution in [2.24, 2.45) is 17.6 Å². The van der Waals surface area contributed by atoms with Crippen LogP contribution in [0.1, 0.15) is 24.8 Å². The highest BCUT2D eigenvalue weighted by molar-refractivity contribution is 6.30. The number of likely N-dealkylation sites (tertiary alicyclic amines) is 1. The van der Waals surface area contributed by atoms with Crippen LogP contribution in [0.3, 0.4) is 0 Å². The lowest BCUT2D eigenvalue weighted by Crippen LogP contribution is -2.38. The lowest BCUT2D eigenvalue weighted by atomic mass is 9.78. The highest BCUT2D eigenvalue weighted by Gasteiger charge is 2.38. The largest absolute Gasteiger partial charge is 0.327 e. The van der Waals surface area contributed by atoms with Crippen LogP contribution in [0.2, 0.25) is 5.02 Å². The third-order valence-corrected chi connectivity index (χ3v) is 5.10. The predicted octanol–water partition coefficient (Wildman–Crippen LogP) is 3.23. The first-order valence-electron chi connectivity index (χ1n) is 7.45. The zero-order chi connectivity index (χ0) is 15.0. The van der Waals surface area contributed by atoms with Gasteiger partial charge >= 0.3 is 0 Å². The molecule has 3 unspecified atom stereocenters. The van der Waals surface area contributed by atoms with Crippen molar-refractivity contribution in [2.45, 2.75) is 31.8 Å². The van der Waals surface area contributed by atoms with E-state index in [0.29, 0.717) is 29.0 Å². The summed E-state index contributed by atoms with van der Waals surface area (Å²) < 4.78 is 0. The average Bonchev–Trinajstić information content (AvgIpc) is 2.82. The fraction of sp³-hybridized carbons (Fsp3) is 0.600. The van der Waals surface area contributed by atoms with Gasteiger partial charge in [0.2, 0.25) is 0 Å². The van der Waals surface area contributed by atoms with Gasteiger partial charge in [0.1, 0.15) is 0 Å². The zero-order valence-corrected chi connectivity index (χ0v) is 13.9. The van der Waals surface area contributed by atoms with Gasteiger partial charge < -0.3 is 5.73 Å². The standard InChI is InChI=1S/C15H20ClN3O2.ClH/c16-12-4-5-15(19(20)21)11(6-12)8-18-7-10-2-1-3-14(17)13(10)9-18;/h4-6,10,13-14H,1-3,7-9,17H2;1H. The fourth-order valence-electron chi connectivity index (χ4n) is 3.84. The van der Waals surface area contributed by atoms with E-state index in [1.165, 1.54) is 18.9 Å². The van der Waals surface area contributed by atoms with Crippen molar-refractivity contribution < 1.29 is 4.92 Å². The molecule has 2 N–H and O–H groups in total. The monoisotopic (exact) mass is 345 g/mol. The Bertz CT molecular complexity index is 556. The van der Waals surface area contributed by atoms with Gasteiger partial charge in [-0.2, -0.15) is 0 Å². The van der Waals surface area contributed by atoms with E-state index in [9.17, 15) is 10.1 Å². The first kappa shape index (κ1) is 17.5. The van der Waals surface area contributed by atoms with Gasteiger partial charge in [-0.25, -0.2) is 0 Å². The summed E-state index contributed by atoms with van der Waals surface area (Å²) in [6, 6.07) is 5.06. The number of nitro groups is 1. The van der Waals surface area contributed by atoms with Gasteiger partial charge in [-0.1, -0.05) is 18.0 Å². The molecule has 0 radical (unpaired) electrons. The molecule has 0 aromatic heterocycles. The number of hydrogen-bond donors (Lipinski definition) is 1. The Kier molecular flexibility index (Phi) is 5.66. The molecule has 1 saturated carbocycles. The molecule has 1 aliphatic carbocycles. The van der Waals surface area contributed by atoms with E-state index in [0.717, 1.165) is 19.5 Å². The Hall–Kier alpha value is -0.880. The smallest absolute Gasteiger partial charge is 0.273 e. The molecular formula is C15H21Cl2N3O2. The Morgan fingerprint density at radius 2 is 2.14 bits per heavy atom. The number of benzene rings is 1. The van der Waals surface area contributed by atoms with Crippen LogP contribution in [0.25, 0.3) is 0 Å². The molecule has 1 aliphatic heterocycles. The van der Waals surface area contributed by atoms with Crippen molar-refractivity contribution in [3.8, 4) is 0 Å². The minimum atomic E-state index is -0.333. The molecule has 0 amide bonds. The normalized spacial score (nSPS) is 28.0. The molecule has 0 spiro atoms. The maximum absolute atomic E-state index is 11.1. The van der Waals surface area contributed by atoms with E-state index >= 15 is 0 Å². The Morgan fingerprint density at radius 1 is 1.36 bits per heavy atom. The van der Waals surface area contributed by atoms with Crippen LogP contribution in [-0.4, -0.2) is 29.0 Å². The average molecular weight is 346 g/mol. The Labute approximate surface area is 141 Å². The summed E-state index contributed by atoms with van der Waals surface area (Å²) in [7, 11) is 0. The third-order valence-electron chi connectivity index (χ3n) is 4.86. The van der Waals surface area contributed by atoms with Gasteiger partial charge in [-0.15, -0.1) is 12.4 Å². The van der Waals surface area contributed by atoms with E-state index < -0.39 is 0 Å². The molecule has 22 heavy (non-hydrogen) atoms. The maximum Gasteiger partial charge on any atom is 0.273 e. The van der Waals surface area contributed by atoms with Crippen molar-refractivity contribution >= 4 is 29.7 Å². The van der Waals surface area contributed by atoms with Crippen LogP contribution in [0, 0.1) is 22.0 Å². The number of halogens is 2. The van der Waals surface area contributed by atoms with Crippen LogP contribution in [-0.2, 0) is 6.54 Å². The van der Waals surface area contributed by atoms with Crippen molar-refractivity contribution in [2.75, 3.05) is 13.1 Å². The second kappa shape index (κ2) is 7.13. The van der Waals surface area contributed by atoms with Gasteiger partial charge in [-0.05, 0) is 36.8 Å². The minimum Gasteiger partial charge on any atom is -0.327 e. The highest BCUT2D eigenvalue weighted by Crippen LogP contribution is 2.36. The van der Waals surface area contributed by atoms with E-state index in [2.05, 4.69) is 4.90 Å². The van der Waals surface area contributed by atoms with Crippen LogP contribution in [0.4, 0.5) is 5.69 Å². The molecule has 1 aromatic carbocycles. The number of nitro benzene ring substituents is 1. The van der Waals surface area contributed by atoms with E-state index in [4.69, 9.17) is 17.3 Å². The number of nitrogens with two attached hydrogens (primary N) is 1. The zero-order valence-electron chi connectivity index (χ0n) is 12.3. The first-order valence-corrected chi connectivity index (χ1v) is 7.83. The summed E-state index contributed by atoms with van der Waals surface area (Å²) in [5, 5.41) is 11.7. The molecule has 2 aliphatic rings. The molecule has 7 heteroatoms. The molecule has 1 heterocycles. The third kappa shape index (κ3) is 3.54. The van der Waals surface area contributed by atoms with Crippen LogP contribution >= 0.6 is 24.0 Å². The lowest BCUT2D eigenvalue weighted by Gasteiger charge is -2.29. The quantitative estimate of drug-likeness (QED) is 0.674. The van der Waals surface area contributed by atoms with E-state index in [1.54, 1.807) is 12.1 Å². The minimum absolute atomic E-state index is 0. The molecule has 2 fully saturated rings. The van der Waals surface area contributed by atoms with Crippen molar-refractivity contribution in [3.05, 3.63) is 38.9 Å². The number of fused-ring (bicyclic) bond motifs is 1. The second-order valence-electron chi connectivity index (χ2n) is 6.24. The number of rotatable bonds is 3. The van der Waals surface area contributed by atoms with Crippen LogP contribution < -0.4 is 5.73 Å². The van der Waals surface area contributed by atoms with Crippen molar-refractivity contribution in [1.82, 2.24) is 4.90 Å². The summed E-state index contributed by atoms with van der Waals surface area (Å²) in [6.07, 6.45) is 3.53.